The molecule has 14 atom stereocenters. The first kappa shape index (κ1) is 81.6. The molecule has 2 saturated heterocycles. The number of aliphatic carboxylic acids is 4. The van der Waals surface area contributed by atoms with E-state index < -0.39 is 255 Å². The number of carboxylic acid groups (broad SMARTS) is 4. The number of benzene rings is 3. The number of phenols is 1. The van der Waals surface area contributed by atoms with Crippen molar-refractivity contribution in [2.45, 2.75) is 156 Å². The smallest absolute Gasteiger partial charge is 0.329 e. The number of fused-ring (bicyclic) bond motifs is 2. The van der Waals surface area contributed by atoms with E-state index in [1.807, 2.05) is 21.3 Å². The molecule has 7 rings (SSSR count). The van der Waals surface area contributed by atoms with E-state index in [9.17, 15) is 103 Å². The molecule has 22 N–H and O–H groups in total. The van der Waals surface area contributed by atoms with Crippen molar-refractivity contribution in [2.75, 3.05) is 13.2 Å². The number of amides is 12. The van der Waals surface area contributed by atoms with Gasteiger partial charge in [-0.3, -0.25) is 76.7 Å². The van der Waals surface area contributed by atoms with Crippen LogP contribution in [-0.4, -0.2) is 238 Å². The summed E-state index contributed by atoms with van der Waals surface area (Å²) in [5, 5.41) is 95.3. The fourth-order valence-electron chi connectivity index (χ4n) is 11.2. The molecule has 40 nitrogen and oxygen atoms in total. The molecular weight excluding hydrogens is 1420 g/mol. The maximum Gasteiger partial charge on any atom is 0.329 e. The van der Waals surface area contributed by atoms with Gasteiger partial charge in [0.15, 0.2) is 12.2 Å². The Morgan fingerprint density at radius 1 is 0.607 bits per heavy atom. The lowest BCUT2D eigenvalue weighted by molar-refractivity contribution is -0.156. The van der Waals surface area contributed by atoms with Crippen LogP contribution in [0.3, 0.4) is 0 Å². The molecule has 574 valence electrons. The van der Waals surface area contributed by atoms with Crippen LogP contribution in [0.25, 0.3) is 21.8 Å². The number of nitrogens with two attached hydrogens (primary N) is 1. The van der Waals surface area contributed by atoms with Gasteiger partial charge >= 0.3 is 29.8 Å². The summed E-state index contributed by atoms with van der Waals surface area (Å²) in [6.07, 6.45) is -10.3. The number of aliphatic hydroxyl groups is 2. The van der Waals surface area contributed by atoms with Crippen molar-refractivity contribution >= 4 is 123 Å². The Labute approximate surface area is 602 Å². The highest BCUT2D eigenvalue weighted by Crippen LogP contribution is 2.28. The standard InChI is InChI=1S/C66H77FN14O26/c1-3-6-44-54(107-44)65(104)78-43(26-82)61(100)80-50-27(2)106-66(105)42(18-29-23-69-35-8-5-4-7-33(29)35)77-57(96)37(15-16-46(85)86)72-64(103)52(53(93)55(68)94)79-45(84)25-71-56(95)39(20-47(87)88)76-63(102)51(28-9-12-32(83)13-10-28)81-60(99)41(22-49(91)92)74-59(98)40(21-48(89)90)73-58(97)38(75-62(50)101)17-30-24-70-36-14-11-31(67)19-34(30)36/h4-5,7-14,19,23-24,27,37-44,50-54,69-70,82-83,93H,3,6,15-18,20-22,25-26H2,1-2H3,(H2,68,94)(H,71,95)(H,72,103)(H,73,97)(H,74,98)(H,75,101)(H,76,102)(H,77,96)(H,78,104)(H,79,84)(H,80,100)(H,81,99)(H,85,86)(H,87,88)(H,89,90)(H,91,92)/t27-,37+,38-,39+,40+,41+,42+,43+,44-,50+,51-,52+,53+,54+/m1/s1. The van der Waals surface area contributed by atoms with Crippen molar-refractivity contribution in [3.63, 3.8) is 0 Å². The summed E-state index contributed by atoms with van der Waals surface area (Å²) in [6.45, 7) is 0.245. The Kier molecular flexibility index (Phi) is 28.4. The van der Waals surface area contributed by atoms with Gasteiger partial charge in [-0.05, 0) is 72.9 Å². The first-order valence-corrected chi connectivity index (χ1v) is 32.9. The molecule has 2 aliphatic rings. The first-order valence-electron chi connectivity index (χ1n) is 32.9. The van der Waals surface area contributed by atoms with Gasteiger partial charge in [0.25, 0.3) is 5.91 Å². The molecule has 0 unspecified atom stereocenters. The SMILES string of the molecule is CCC[C@H]1O[C@@H]1C(=O)N[C@@H](CO)C(=O)N[C@@H]1C(=O)N[C@H](Cc2c[nH]c3ccc(F)cc23)C(=O)N[C@@H](CC(=O)O)C(=O)N[C@@H](CC(=O)O)C(=O)N[C@H](c2ccc(O)cc2)C(=O)N[C@@H](CC(=O)O)C(=O)NCC(=O)N[C@@H]([C@H](O)C(N)=O)C(=O)N[C@@H](CCC(=O)O)C(=O)N[C@@H](Cc2c[nH]c3ccccc23)C(=O)O[C@@H]1C. The van der Waals surface area contributed by atoms with Crippen LogP contribution in [0.1, 0.15) is 81.5 Å². The zero-order valence-electron chi connectivity index (χ0n) is 56.7. The maximum absolute atomic E-state index is 15.3. The number of carbonyl (C=O) groups excluding carboxylic acids is 13. The number of para-hydroxylation sites is 1. The Morgan fingerprint density at radius 2 is 1.14 bits per heavy atom. The fraction of sp³-hybridized carbons (Fsp3) is 0.409. The van der Waals surface area contributed by atoms with Crippen LogP contribution in [-0.2, 0) is 104 Å². The third-order valence-electron chi connectivity index (χ3n) is 16.8. The number of phenolic OH excluding ortho intramolecular Hbond substituents is 1. The van der Waals surface area contributed by atoms with Gasteiger partial charge in [0, 0.05) is 53.5 Å². The van der Waals surface area contributed by atoms with Crippen LogP contribution < -0.4 is 64.2 Å². The summed E-state index contributed by atoms with van der Waals surface area (Å²) in [6, 6.07) is -8.85. The van der Waals surface area contributed by atoms with Crippen molar-refractivity contribution in [1.29, 1.82) is 0 Å². The lowest BCUT2D eigenvalue weighted by atomic mass is 10.0. The number of nitrogens with one attached hydrogen (secondary N) is 13. The number of ether oxygens (including phenoxy) is 2. The van der Waals surface area contributed by atoms with Gasteiger partial charge in [-0.2, -0.15) is 0 Å². The summed E-state index contributed by atoms with van der Waals surface area (Å²) in [5.74, 6) is -28.0. The predicted molar refractivity (Wildman–Crippen MR) is 358 cm³/mol. The third kappa shape index (κ3) is 22.9. The van der Waals surface area contributed by atoms with E-state index in [0.717, 1.165) is 43.3 Å². The number of halogens is 1. The van der Waals surface area contributed by atoms with Gasteiger partial charge in [-0.15, -0.1) is 0 Å². The van der Waals surface area contributed by atoms with Crippen molar-refractivity contribution in [3.05, 3.63) is 102 Å². The van der Waals surface area contributed by atoms with E-state index in [-0.39, 0.29) is 27.6 Å². The van der Waals surface area contributed by atoms with Crippen LogP contribution in [0.5, 0.6) is 5.75 Å². The summed E-state index contributed by atoms with van der Waals surface area (Å²) in [5.41, 5.74) is 5.92. The van der Waals surface area contributed by atoms with E-state index in [2.05, 4.69) is 47.2 Å². The molecule has 0 aliphatic carbocycles. The quantitative estimate of drug-likeness (QED) is 0.0214. The molecular formula is C66H77FN14O26. The van der Waals surface area contributed by atoms with Crippen LogP contribution in [0.4, 0.5) is 4.39 Å². The molecule has 2 fully saturated rings. The number of hydrogen-bond acceptors (Lipinski definition) is 22. The average Bonchev–Trinajstić information content (AvgIpc) is 1.11. The molecule has 107 heavy (non-hydrogen) atoms. The van der Waals surface area contributed by atoms with Crippen LogP contribution >= 0.6 is 0 Å². The van der Waals surface area contributed by atoms with Gasteiger partial charge < -0.3 is 119 Å². The first-order chi connectivity index (χ1) is 50.6. The Morgan fingerprint density at radius 3 is 1.74 bits per heavy atom. The summed E-state index contributed by atoms with van der Waals surface area (Å²) >= 11 is 0. The number of hydrogen-bond donors (Lipinski definition) is 21. The lowest BCUT2D eigenvalue weighted by Gasteiger charge is -2.30. The molecule has 0 spiro atoms. The lowest BCUT2D eigenvalue weighted by Crippen LogP contribution is -2.63. The van der Waals surface area contributed by atoms with Crippen molar-refractivity contribution in [3.8, 4) is 5.75 Å². The molecule has 2 aliphatic heterocycles. The number of epoxide rings is 1. The largest absolute Gasteiger partial charge is 0.508 e. The second-order valence-electron chi connectivity index (χ2n) is 24.8. The molecule has 12 amide bonds. The van der Waals surface area contributed by atoms with Crippen LogP contribution in [0, 0.1) is 5.82 Å². The minimum Gasteiger partial charge on any atom is -0.508 e. The third-order valence-corrected chi connectivity index (χ3v) is 16.8. The second-order valence-corrected chi connectivity index (χ2v) is 24.8. The molecule has 0 saturated carbocycles. The van der Waals surface area contributed by atoms with Crippen LogP contribution in [0.2, 0.25) is 0 Å². The average molecular weight is 1500 g/mol. The highest BCUT2D eigenvalue weighted by atomic mass is 19.1. The van der Waals surface area contributed by atoms with E-state index in [1.54, 1.807) is 31.2 Å². The minimum absolute atomic E-state index is 0.00273. The zero-order valence-corrected chi connectivity index (χ0v) is 56.7. The number of aromatic amines is 2. The van der Waals surface area contributed by atoms with Crippen molar-refractivity contribution < 1.29 is 131 Å². The fourth-order valence-corrected chi connectivity index (χ4v) is 11.2. The van der Waals surface area contributed by atoms with Crippen LogP contribution in [0.15, 0.2) is 79.1 Å². The molecule has 0 bridgehead atoms. The highest BCUT2D eigenvalue weighted by Gasteiger charge is 2.46. The Bertz CT molecular complexity index is 4240. The maximum atomic E-state index is 15.3. The highest BCUT2D eigenvalue weighted by molar-refractivity contribution is 6.02. The number of primary amides is 1. The topological polar surface area (TPSA) is 643 Å². The van der Waals surface area contributed by atoms with Gasteiger partial charge in [-0.25, -0.2) is 9.18 Å². The number of rotatable bonds is 23. The summed E-state index contributed by atoms with van der Waals surface area (Å²) in [4.78, 5) is 240. The molecule has 0 radical (unpaired) electrons. The normalized spacial score (nSPS) is 24.1. The summed E-state index contributed by atoms with van der Waals surface area (Å²) < 4.78 is 26.3. The Hall–Kier alpha value is -12.7. The van der Waals surface area contributed by atoms with Gasteiger partial charge in [0.1, 0.15) is 78.1 Å². The predicted octanol–water partition coefficient (Wildman–Crippen LogP) is -5.74. The number of cyclic esters (lactones) is 1. The number of aromatic hydroxyl groups is 1. The van der Waals surface area contributed by atoms with Crippen molar-refractivity contribution in [1.82, 2.24) is 68.5 Å². The number of H-pyrrole nitrogens is 2. The summed E-state index contributed by atoms with van der Waals surface area (Å²) in [7, 11) is 0. The minimum atomic E-state index is -2.73. The molecule has 5 aromatic rings. The van der Waals surface area contributed by atoms with E-state index in [0.29, 0.717) is 23.7 Å². The van der Waals surface area contributed by atoms with E-state index >= 15 is 18.8 Å². The van der Waals surface area contributed by atoms with E-state index in [1.165, 1.54) is 18.5 Å². The van der Waals surface area contributed by atoms with Gasteiger partial charge in [-0.1, -0.05) is 43.7 Å². The molecule has 4 heterocycles. The molecule has 3 aromatic carbocycles. The van der Waals surface area contributed by atoms with E-state index in [4.69, 9.17) is 15.2 Å². The molecule has 41 heteroatoms. The van der Waals surface area contributed by atoms with Gasteiger partial charge in [0.05, 0.1) is 38.5 Å². The number of esters is 1. The number of carboxylic acids is 4. The van der Waals surface area contributed by atoms with Crippen molar-refractivity contribution in [2.24, 2.45) is 5.73 Å². The zero-order chi connectivity index (χ0) is 78.7. The number of aliphatic hydroxyl groups excluding tert-OH is 2. The molecule has 2 aromatic heterocycles. The second kappa shape index (κ2) is 37.2. The number of carbonyl (C=O) groups is 17. The number of aromatic nitrogens is 2. The monoisotopic (exact) mass is 1500 g/mol. The Balaban J connectivity index is 1.37. The van der Waals surface area contributed by atoms with Gasteiger partial charge in [0.2, 0.25) is 65.0 Å².